The van der Waals surface area contributed by atoms with Crippen LogP contribution in [0.4, 0.5) is 0 Å². The van der Waals surface area contributed by atoms with E-state index in [1.807, 2.05) is 30.3 Å². The number of hydrogen-bond donors (Lipinski definition) is 0. The number of benzene rings is 2. The van der Waals surface area contributed by atoms with Gasteiger partial charge in [-0.3, -0.25) is 19.4 Å². The fraction of sp³-hybridized carbons (Fsp3) is 0.273. The van der Waals surface area contributed by atoms with Crippen molar-refractivity contribution in [1.29, 1.82) is 0 Å². The number of ether oxygens (including phenoxy) is 1. The topological polar surface area (TPSA) is 49.9 Å². The lowest BCUT2D eigenvalue weighted by molar-refractivity contribution is -0.138. The Balaban J connectivity index is 1.76. The standard InChI is InChI=1S/C22H24N2O3/c1-3-7-20-22(26)24(21(25)18-10-12-19(27-2)13-11-18)15-14-23(20)16-17-8-5-4-6-9-17/h3-6,8-13,20H,1,7,14-16H2,2H3/t20-/m0/s1. The summed E-state index contributed by atoms with van der Waals surface area (Å²) in [4.78, 5) is 29.4. The molecule has 1 heterocycles. The highest BCUT2D eigenvalue weighted by molar-refractivity contribution is 6.06. The van der Waals surface area contributed by atoms with Crippen LogP contribution in [0.5, 0.6) is 5.75 Å². The van der Waals surface area contributed by atoms with Crippen molar-refractivity contribution in [3.05, 3.63) is 78.4 Å². The smallest absolute Gasteiger partial charge is 0.260 e. The van der Waals surface area contributed by atoms with Crippen LogP contribution < -0.4 is 4.74 Å². The first-order chi connectivity index (χ1) is 13.1. The molecule has 5 nitrogen and oxygen atoms in total. The zero-order valence-corrected chi connectivity index (χ0v) is 15.5. The number of rotatable bonds is 6. The van der Waals surface area contributed by atoms with E-state index >= 15 is 0 Å². The highest BCUT2D eigenvalue weighted by Gasteiger charge is 2.37. The minimum atomic E-state index is -0.376. The molecule has 0 unspecified atom stereocenters. The predicted molar refractivity (Wildman–Crippen MR) is 104 cm³/mol. The summed E-state index contributed by atoms with van der Waals surface area (Å²) in [6.07, 6.45) is 2.25. The number of carbonyl (C=O) groups is 2. The molecule has 0 aliphatic carbocycles. The van der Waals surface area contributed by atoms with Crippen molar-refractivity contribution in [2.24, 2.45) is 0 Å². The van der Waals surface area contributed by atoms with Gasteiger partial charge in [0.05, 0.1) is 13.2 Å². The Morgan fingerprint density at radius 1 is 1.15 bits per heavy atom. The molecule has 0 bridgehead atoms. The first kappa shape index (κ1) is 18.9. The number of hydrogen-bond acceptors (Lipinski definition) is 4. The molecule has 0 saturated carbocycles. The third-order valence-electron chi connectivity index (χ3n) is 4.80. The number of nitrogens with zero attached hydrogens (tertiary/aromatic N) is 2. The molecule has 3 rings (SSSR count). The van der Waals surface area contributed by atoms with Crippen LogP contribution in [0.3, 0.4) is 0 Å². The van der Waals surface area contributed by atoms with Crippen molar-refractivity contribution < 1.29 is 14.3 Å². The quantitative estimate of drug-likeness (QED) is 0.584. The molecule has 0 radical (unpaired) electrons. The first-order valence-corrected chi connectivity index (χ1v) is 9.02. The van der Waals surface area contributed by atoms with Gasteiger partial charge in [0.2, 0.25) is 5.91 Å². The van der Waals surface area contributed by atoms with Crippen molar-refractivity contribution in [2.75, 3.05) is 20.2 Å². The van der Waals surface area contributed by atoms with Crippen LogP contribution in [0.2, 0.25) is 0 Å². The second-order valence-electron chi connectivity index (χ2n) is 6.52. The van der Waals surface area contributed by atoms with E-state index in [2.05, 4.69) is 11.5 Å². The van der Waals surface area contributed by atoms with Gasteiger partial charge in [-0.2, -0.15) is 0 Å². The number of methoxy groups -OCH3 is 1. The Morgan fingerprint density at radius 2 is 1.85 bits per heavy atom. The van der Waals surface area contributed by atoms with Crippen molar-refractivity contribution >= 4 is 11.8 Å². The normalized spacial score (nSPS) is 17.6. The highest BCUT2D eigenvalue weighted by atomic mass is 16.5. The van der Waals surface area contributed by atoms with Gasteiger partial charge < -0.3 is 4.74 Å². The number of piperazine rings is 1. The first-order valence-electron chi connectivity index (χ1n) is 9.02. The maximum atomic E-state index is 13.0. The minimum absolute atomic E-state index is 0.169. The Hall–Kier alpha value is -2.92. The summed E-state index contributed by atoms with van der Waals surface area (Å²) in [6.45, 7) is 5.48. The monoisotopic (exact) mass is 364 g/mol. The number of amides is 2. The van der Waals surface area contributed by atoms with Crippen molar-refractivity contribution in [1.82, 2.24) is 9.80 Å². The van der Waals surface area contributed by atoms with Crippen LogP contribution >= 0.6 is 0 Å². The van der Waals surface area contributed by atoms with Crippen LogP contribution in [0.1, 0.15) is 22.3 Å². The SMILES string of the molecule is C=CC[C@H]1C(=O)N(C(=O)c2ccc(OC)cc2)CCN1Cc1ccccc1. The molecule has 0 N–H and O–H groups in total. The van der Waals surface area contributed by atoms with E-state index in [0.717, 1.165) is 5.56 Å². The van der Waals surface area contributed by atoms with E-state index in [-0.39, 0.29) is 17.9 Å². The van der Waals surface area contributed by atoms with E-state index in [1.54, 1.807) is 37.5 Å². The molecule has 0 aromatic heterocycles. The summed E-state index contributed by atoms with van der Waals surface area (Å²) in [5.74, 6) is 0.240. The Morgan fingerprint density at radius 3 is 2.48 bits per heavy atom. The molecule has 1 aliphatic heterocycles. The third-order valence-corrected chi connectivity index (χ3v) is 4.80. The minimum Gasteiger partial charge on any atom is -0.497 e. The van der Waals surface area contributed by atoms with E-state index < -0.39 is 0 Å². The molecule has 1 fully saturated rings. The zero-order chi connectivity index (χ0) is 19.2. The van der Waals surface area contributed by atoms with Gasteiger partial charge in [0, 0.05) is 25.2 Å². The summed E-state index contributed by atoms with van der Waals surface area (Å²) in [5.41, 5.74) is 1.63. The second kappa shape index (κ2) is 8.64. The van der Waals surface area contributed by atoms with Crippen LogP contribution in [0.15, 0.2) is 67.3 Å². The third kappa shape index (κ3) is 4.26. The average Bonchev–Trinajstić information content (AvgIpc) is 2.71. The maximum Gasteiger partial charge on any atom is 0.260 e. The maximum absolute atomic E-state index is 13.0. The summed E-state index contributed by atoms with van der Waals surface area (Å²) in [5, 5.41) is 0. The molecule has 2 aromatic rings. The lowest BCUT2D eigenvalue weighted by atomic mass is 10.0. The van der Waals surface area contributed by atoms with Crippen LogP contribution in [-0.4, -0.2) is 47.9 Å². The van der Waals surface area contributed by atoms with Crippen molar-refractivity contribution in [3.63, 3.8) is 0 Å². The summed E-state index contributed by atoms with van der Waals surface area (Å²) in [6, 6.07) is 16.5. The molecular weight excluding hydrogens is 340 g/mol. The van der Waals surface area contributed by atoms with Gasteiger partial charge in [0.15, 0.2) is 0 Å². The molecular formula is C22H24N2O3. The Labute approximate surface area is 159 Å². The van der Waals surface area contributed by atoms with Gasteiger partial charge in [-0.25, -0.2) is 0 Å². The van der Waals surface area contributed by atoms with E-state index in [0.29, 0.717) is 37.4 Å². The lowest BCUT2D eigenvalue weighted by Gasteiger charge is -2.39. The summed E-state index contributed by atoms with van der Waals surface area (Å²) < 4.78 is 5.13. The van der Waals surface area contributed by atoms with E-state index in [9.17, 15) is 9.59 Å². The van der Waals surface area contributed by atoms with Crippen molar-refractivity contribution in [3.8, 4) is 5.75 Å². The van der Waals surface area contributed by atoms with Crippen molar-refractivity contribution in [2.45, 2.75) is 19.0 Å². The molecule has 140 valence electrons. The van der Waals surface area contributed by atoms with Gasteiger partial charge in [-0.15, -0.1) is 6.58 Å². The molecule has 2 aromatic carbocycles. The second-order valence-corrected chi connectivity index (χ2v) is 6.52. The van der Waals surface area contributed by atoms with E-state index in [1.165, 1.54) is 4.90 Å². The summed E-state index contributed by atoms with van der Waals surface area (Å²) >= 11 is 0. The fourth-order valence-electron chi connectivity index (χ4n) is 3.34. The Kier molecular flexibility index (Phi) is 6.04. The van der Waals surface area contributed by atoms with Gasteiger partial charge in [0.1, 0.15) is 5.75 Å². The van der Waals surface area contributed by atoms with Crippen LogP contribution in [-0.2, 0) is 11.3 Å². The average molecular weight is 364 g/mol. The Bertz CT molecular complexity index is 802. The van der Waals surface area contributed by atoms with Gasteiger partial charge in [-0.05, 0) is 36.2 Å². The fourth-order valence-corrected chi connectivity index (χ4v) is 3.34. The molecule has 27 heavy (non-hydrogen) atoms. The molecule has 1 saturated heterocycles. The zero-order valence-electron chi connectivity index (χ0n) is 15.5. The van der Waals surface area contributed by atoms with Gasteiger partial charge >= 0.3 is 0 Å². The molecule has 1 aliphatic rings. The predicted octanol–water partition coefficient (Wildman–Crippen LogP) is 3.12. The molecule has 5 heteroatoms. The number of carbonyl (C=O) groups excluding carboxylic acids is 2. The van der Waals surface area contributed by atoms with Gasteiger partial charge in [0.25, 0.3) is 5.91 Å². The van der Waals surface area contributed by atoms with E-state index in [4.69, 9.17) is 4.74 Å². The molecule has 0 spiro atoms. The van der Waals surface area contributed by atoms with Crippen LogP contribution in [0.25, 0.3) is 0 Å². The molecule has 2 amide bonds. The van der Waals surface area contributed by atoms with Gasteiger partial charge in [-0.1, -0.05) is 36.4 Å². The summed E-state index contributed by atoms with van der Waals surface area (Å²) in [7, 11) is 1.58. The lowest BCUT2D eigenvalue weighted by Crippen LogP contribution is -2.58. The van der Waals surface area contributed by atoms with Crippen LogP contribution in [0, 0.1) is 0 Å². The largest absolute Gasteiger partial charge is 0.497 e. The highest BCUT2D eigenvalue weighted by Crippen LogP contribution is 2.21. The number of imide groups is 1. The molecule has 1 atom stereocenters.